The molecule has 2 rings (SSSR count). The SMILES string of the molecule is B(Oc1ccccc1)Oc1ccccc1. The zero-order valence-electron chi connectivity index (χ0n) is 8.30. The second-order valence-electron chi connectivity index (χ2n) is 3.03. The topological polar surface area (TPSA) is 18.5 Å². The molecule has 2 nitrogen and oxygen atoms in total. The van der Waals surface area contributed by atoms with Crippen LogP contribution in [0.15, 0.2) is 60.7 Å². The van der Waals surface area contributed by atoms with Gasteiger partial charge in [-0.15, -0.1) is 0 Å². The molecule has 0 radical (unpaired) electrons. The van der Waals surface area contributed by atoms with Gasteiger partial charge in [0, 0.05) is 0 Å². The number of hydrogen-bond acceptors (Lipinski definition) is 2. The molecule has 74 valence electrons. The number of rotatable bonds is 4. The van der Waals surface area contributed by atoms with Crippen LogP contribution in [0.25, 0.3) is 0 Å². The van der Waals surface area contributed by atoms with Crippen molar-refractivity contribution >= 4 is 7.69 Å². The summed E-state index contributed by atoms with van der Waals surface area (Å²) in [4.78, 5) is 0. The Kier molecular flexibility index (Phi) is 3.28. The van der Waals surface area contributed by atoms with Crippen molar-refractivity contribution in [2.75, 3.05) is 0 Å². The fourth-order valence-corrected chi connectivity index (χ4v) is 1.20. The van der Waals surface area contributed by atoms with Gasteiger partial charge in [-0.05, 0) is 24.3 Å². The van der Waals surface area contributed by atoms with E-state index in [1.165, 1.54) is 0 Å². The highest BCUT2D eigenvalue weighted by Gasteiger charge is 1.97. The maximum Gasteiger partial charge on any atom is 0.576 e. The summed E-state index contributed by atoms with van der Waals surface area (Å²) in [5.74, 6) is 1.63. The highest BCUT2D eigenvalue weighted by Crippen LogP contribution is 2.10. The van der Waals surface area contributed by atoms with Crippen LogP contribution in [0, 0.1) is 0 Å². The second kappa shape index (κ2) is 5.10. The van der Waals surface area contributed by atoms with E-state index in [1.807, 2.05) is 60.7 Å². The minimum Gasteiger partial charge on any atom is -0.529 e. The molecule has 0 aliphatic heterocycles. The third kappa shape index (κ3) is 3.06. The molecule has 0 fully saturated rings. The van der Waals surface area contributed by atoms with Crippen molar-refractivity contribution in [3.05, 3.63) is 60.7 Å². The first-order valence-electron chi connectivity index (χ1n) is 4.81. The summed E-state index contributed by atoms with van der Waals surface area (Å²) in [6, 6.07) is 19.2. The lowest BCUT2D eigenvalue weighted by Gasteiger charge is -2.06. The van der Waals surface area contributed by atoms with Gasteiger partial charge >= 0.3 is 7.69 Å². The van der Waals surface area contributed by atoms with Gasteiger partial charge in [-0.2, -0.15) is 0 Å². The Morgan fingerprint density at radius 1 is 0.600 bits per heavy atom. The molecule has 0 aliphatic rings. The number of para-hydroxylation sites is 2. The Bertz CT molecular complexity index is 349. The summed E-state index contributed by atoms with van der Waals surface area (Å²) < 4.78 is 10.8. The molecular weight excluding hydrogens is 187 g/mol. The first-order valence-corrected chi connectivity index (χ1v) is 4.81. The van der Waals surface area contributed by atoms with Crippen molar-refractivity contribution in [2.24, 2.45) is 0 Å². The molecule has 2 aromatic rings. The average Bonchev–Trinajstić information content (AvgIpc) is 2.32. The smallest absolute Gasteiger partial charge is 0.529 e. The first-order chi connectivity index (χ1) is 7.45. The maximum atomic E-state index is 5.39. The third-order valence-electron chi connectivity index (χ3n) is 1.94. The summed E-state index contributed by atoms with van der Waals surface area (Å²) in [7, 11) is 0.230. The van der Waals surface area contributed by atoms with Crippen LogP contribution in [-0.2, 0) is 0 Å². The second-order valence-corrected chi connectivity index (χ2v) is 3.03. The minimum atomic E-state index is 0.230. The van der Waals surface area contributed by atoms with Gasteiger partial charge in [0.1, 0.15) is 11.5 Å². The van der Waals surface area contributed by atoms with Gasteiger partial charge in [-0.3, -0.25) is 0 Å². The standard InChI is InChI=1S/C12H11BO2/c1-3-7-11(8-4-1)14-13-15-12-9-5-2-6-10-12/h1-10,13H. The summed E-state index contributed by atoms with van der Waals surface area (Å²) in [5.41, 5.74) is 0. The van der Waals surface area contributed by atoms with Gasteiger partial charge in [-0.1, -0.05) is 36.4 Å². The van der Waals surface area contributed by atoms with Crippen molar-refractivity contribution in [3.8, 4) is 11.5 Å². The first kappa shape index (κ1) is 9.65. The molecule has 3 heteroatoms. The van der Waals surface area contributed by atoms with Gasteiger partial charge in [-0.25, -0.2) is 0 Å². The van der Waals surface area contributed by atoms with E-state index in [2.05, 4.69) is 0 Å². The predicted octanol–water partition coefficient (Wildman–Crippen LogP) is 2.41. The monoisotopic (exact) mass is 198 g/mol. The summed E-state index contributed by atoms with van der Waals surface area (Å²) in [6.45, 7) is 0. The van der Waals surface area contributed by atoms with E-state index < -0.39 is 0 Å². The molecule has 0 aromatic heterocycles. The van der Waals surface area contributed by atoms with Crippen LogP contribution in [0.1, 0.15) is 0 Å². The van der Waals surface area contributed by atoms with Crippen molar-refractivity contribution in [1.82, 2.24) is 0 Å². The Balaban J connectivity index is 1.81. The van der Waals surface area contributed by atoms with Crippen LogP contribution in [0.2, 0.25) is 0 Å². The normalized spacial score (nSPS) is 9.33. The van der Waals surface area contributed by atoms with E-state index in [4.69, 9.17) is 9.31 Å². The number of benzene rings is 2. The molecule has 0 spiro atoms. The van der Waals surface area contributed by atoms with E-state index in [-0.39, 0.29) is 7.69 Å². The highest BCUT2D eigenvalue weighted by atomic mass is 16.6. The molecule has 0 aliphatic carbocycles. The molecule has 0 saturated carbocycles. The van der Waals surface area contributed by atoms with Crippen molar-refractivity contribution in [1.29, 1.82) is 0 Å². The Morgan fingerprint density at radius 2 is 1.00 bits per heavy atom. The van der Waals surface area contributed by atoms with Gasteiger partial charge < -0.3 is 9.31 Å². The fraction of sp³-hybridized carbons (Fsp3) is 0. The molecule has 0 atom stereocenters. The summed E-state index contributed by atoms with van der Waals surface area (Å²) in [5, 5.41) is 0. The van der Waals surface area contributed by atoms with Gasteiger partial charge in [0.2, 0.25) is 0 Å². The molecule has 0 heterocycles. The predicted molar refractivity (Wildman–Crippen MR) is 61.3 cm³/mol. The van der Waals surface area contributed by atoms with Crippen LogP contribution in [-0.4, -0.2) is 7.69 Å². The Labute approximate surface area is 89.8 Å². The van der Waals surface area contributed by atoms with E-state index in [9.17, 15) is 0 Å². The lowest BCUT2D eigenvalue weighted by atomic mass is 10.3. The zero-order chi connectivity index (χ0) is 10.3. The highest BCUT2D eigenvalue weighted by molar-refractivity contribution is 6.20. The molecule has 0 amide bonds. The fourth-order valence-electron chi connectivity index (χ4n) is 1.20. The lowest BCUT2D eigenvalue weighted by molar-refractivity contribution is 0.459. The molecule has 0 unspecified atom stereocenters. The quantitative estimate of drug-likeness (QED) is 0.702. The van der Waals surface area contributed by atoms with E-state index >= 15 is 0 Å². The van der Waals surface area contributed by atoms with Gasteiger partial charge in [0.15, 0.2) is 0 Å². The third-order valence-corrected chi connectivity index (χ3v) is 1.94. The van der Waals surface area contributed by atoms with Crippen molar-refractivity contribution < 1.29 is 9.31 Å². The van der Waals surface area contributed by atoms with Crippen LogP contribution < -0.4 is 9.31 Å². The molecule has 2 aromatic carbocycles. The number of hydrogen-bond donors (Lipinski definition) is 0. The summed E-state index contributed by atoms with van der Waals surface area (Å²) >= 11 is 0. The van der Waals surface area contributed by atoms with Crippen molar-refractivity contribution in [2.45, 2.75) is 0 Å². The minimum absolute atomic E-state index is 0.230. The Morgan fingerprint density at radius 3 is 1.40 bits per heavy atom. The molecule has 0 saturated heterocycles. The van der Waals surface area contributed by atoms with Crippen LogP contribution in [0.5, 0.6) is 11.5 Å². The molecule has 0 bridgehead atoms. The van der Waals surface area contributed by atoms with Crippen molar-refractivity contribution in [3.63, 3.8) is 0 Å². The molecular formula is C12H11BO2. The van der Waals surface area contributed by atoms with Crippen LogP contribution >= 0.6 is 0 Å². The summed E-state index contributed by atoms with van der Waals surface area (Å²) in [6.07, 6.45) is 0. The van der Waals surface area contributed by atoms with E-state index in [0.29, 0.717) is 0 Å². The van der Waals surface area contributed by atoms with Gasteiger partial charge in [0.05, 0.1) is 0 Å². The lowest BCUT2D eigenvalue weighted by Crippen LogP contribution is -2.10. The zero-order valence-corrected chi connectivity index (χ0v) is 8.30. The molecule has 0 N–H and O–H groups in total. The van der Waals surface area contributed by atoms with Crippen LogP contribution in [0.3, 0.4) is 0 Å². The largest absolute Gasteiger partial charge is 0.576 e. The van der Waals surface area contributed by atoms with E-state index in [0.717, 1.165) is 11.5 Å². The molecule has 15 heavy (non-hydrogen) atoms. The average molecular weight is 198 g/mol. The van der Waals surface area contributed by atoms with E-state index in [1.54, 1.807) is 0 Å². The Hall–Kier alpha value is -1.90. The van der Waals surface area contributed by atoms with Gasteiger partial charge in [0.25, 0.3) is 0 Å². The maximum absolute atomic E-state index is 5.39. The van der Waals surface area contributed by atoms with Crippen LogP contribution in [0.4, 0.5) is 0 Å².